The lowest BCUT2D eigenvalue weighted by atomic mass is 10.1. The van der Waals surface area contributed by atoms with Gasteiger partial charge in [0.25, 0.3) is 0 Å². The van der Waals surface area contributed by atoms with Gasteiger partial charge in [0, 0.05) is 48.4 Å². The first-order valence-corrected chi connectivity index (χ1v) is 9.54. The number of guanidine groups is 1. The van der Waals surface area contributed by atoms with E-state index in [0.29, 0.717) is 23.6 Å². The van der Waals surface area contributed by atoms with E-state index >= 15 is 0 Å². The molecule has 1 atom stereocenters. The second-order valence-corrected chi connectivity index (χ2v) is 7.31. The number of hydrogen-bond acceptors (Lipinski definition) is 3. The lowest BCUT2D eigenvalue weighted by molar-refractivity contribution is 0.600. The summed E-state index contributed by atoms with van der Waals surface area (Å²) in [5, 5.41) is 15.4. The van der Waals surface area contributed by atoms with E-state index in [-0.39, 0.29) is 11.9 Å². The number of rotatable bonds is 4. The van der Waals surface area contributed by atoms with E-state index in [4.69, 9.17) is 5.26 Å². The second kappa shape index (κ2) is 8.87. The summed E-state index contributed by atoms with van der Waals surface area (Å²) in [5.74, 6) is 0.251. The predicted octanol–water partition coefficient (Wildman–Crippen LogP) is 3.40. The van der Waals surface area contributed by atoms with Gasteiger partial charge in [0.05, 0.1) is 11.6 Å². The van der Waals surface area contributed by atoms with Crippen molar-refractivity contribution in [2.24, 2.45) is 4.99 Å². The summed E-state index contributed by atoms with van der Waals surface area (Å²) in [7, 11) is 1.70. The Morgan fingerprint density at radius 1 is 1.33 bits per heavy atom. The van der Waals surface area contributed by atoms with Crippen molar-refractivity contribution in [3.8, 4) is 6.07 Å². The molecule has 2 aromatic carbocycles. The first-order valence-electron chi connectivity index (χ1n) is 8.75. The van der Waals surface area contributed by atoms with Gasteiger partial charge >= 0.3 is 0 Å². The van der Waals surface area contributed by atoms with Gasteiger partial charge in [0.2, 0.25) is 0 Å². The lowest BCUT2D eigenvalue weighted by Gasteiger charge is -2.20. The molecule has 3 rings (SSSR count). The fourth-order valence-corrected chi connectivity index (χ4v) is 3.36. The van der Waals surface area contributed by atoms with Crippen LogP contribution in [0.25, 0.3) is 0 Å². The average Bonchev–Trinajstić information content (AvgIpc) is 3.14. The van der Waals surface area contributed by atoms with Gasteiger partial charge in [-0.1, -0.05) is 22.0 Å². The average molecular weight is 430 g/mol. The smallest absolute Gasteiger partial charge is 0.191 e. The van der Waals surface area contributed by atoms with Crippen LogP contribution in [0, 0.1) is 17.1 Å². The minimum atomic E-state index is -0.390. The molecule has 2 aromatic rings. The number of nitriles is 1. The Balaban J connectivity index is 1.54. The third kappa shape index (κ3) is 4.98. The molecule has 0 spiro atoms. The number of hydrogen-bond donors (Lipinski definition) is 2. The van der Waals surface area contributed by atoms with Gasteiger partial charge in [0.1, 0.15) is 5.82 Å². The SMILES string of the molecule is CN=C(NCc1ccc(C#N)cc1F)NC1CCN(c2ccc(Br)cc2)C1. The van der Waals surface area contributed by atoms with E-state index < -0.39 is 0 Å². The summed E-state index contributed by atoms with van der Waals surface area (Å²) in [6, 6.07) is 15.0. The Bertz CT molecular complexity index is 860. The molecular weight excluding hydrogens is 409 g/mol. The number of aliphatic imine (C=N–C) groups is 1. The van der Waals surface area contributed by atoms with E-state index in [1.807, 2.05) is 18.2 Å². The molecule has 140 valence electrons. The van der Waals surface area contributed by atoms with E-state index in [9.17, 15) is 4.39 Å². The van der Waals surface area contributed by atoms with Gasteiger partial charge in [-0.05, 0) is 42.8 Å². The van der Waals surface area contributed by atoms with Gasteiger partial charge < -0.3 is 15.5 Å². The molecule has 27 heavy (non-hydrogen) atoms. The number of benzene rings is 2. The molecule has 0 saturated carbocycles. The molecule has 0 aliphatic carbocycles. The molecule has 0 bridgehead atoms. The predicted molar refractivity (Wildman–Crippen MR) is 109 cm³/mol. The van der Waals surface area contributed by atoms with E-state index in [1.165, 1.54) is 11.8 Å². The summed E-state index contributed by atoms with van der Waals surface area (Å²) in [6.07, 6.45) is 1.00. The van der Waals surface area contributed by atoms with Crippen molar-refractivity contribution >= 4 is 27.6 Å². The largest absolute Gasteiger partial charge is 0.369 e. The zero-order valence-corrected chi connectivity index (χ0v) is 16.6. The van der Waals surface area contributed by atoms with Gasteiger partial charge in [-0.25, -0.2) is 4.39 Å². The van der Waals surface area contributed by atoms with Gasteiger partial charge in [-0.2, -0.15) is 5.26 Å². The minimum Gasteiger partial charge on any atom is -0.369 e. The van der Waals surface area contributed by atoms with E-state index in [0.717, 1.165) is 24.0 Å². The van der Waals surface area contributed by atoms with Gasteiger partial charge in [0.15, 0.2) is 5.96 Å². The number of nitrogens with one attached hydrogen (secondary N) is 2. The first kappa shape index (κ1) is 19.2. The molecule has 7 heteroatoms. The fourth-order valence-electron chi connectivity index (χ4n) is 3.09. The second-order valence-electron chi connectivity index (χ2n) is 6.40. The van der Waals surface area contributed by atoms with Crippen molar-refractivity contribution in [3.63, 3.8) is 0 Å². The molecule has 1 fully saturated rings. The first-order chi connectivity index (χ1) is 13.1. The van der Waals surface area contributed by atoms with Gasteiger partial charge in [-0.3, -0.25) is 4.99 Å². The Morgan fingerprint density at radius 3 is 2.78 bits per heavy atom. The molecular formula is C20H21BrFN5. The van der Waals surface area contributed by atoms with E-state index in [1.54, 1.807) is 19.2 Å². The van der Waals surface area contributed by atoms with Crippen molar-refractivity contribution in [3.05, 3.63) is 63.9 Å². The quantitative estimate of drug-likeness (QED) is 0.577. The highest BCUT2D eigenvalue weighted by Crippen LogP contribution is 2.22. The Labute approximate surface area is 167 Å². The maximum absolute atomic E-state index is 14.0. The van der Waals surface area contributed by atoms with Crippen molar-refractivity contribution < 1.29 is 4.39 Å². The van der Waals surface area contributed by atoms with Crippen LogP contribution in [0.1, 0.15) is 17.5 Å². The van der Waals surface area contributed by atoms with E-state index in [2.05, 4.69) is 48.6 Å². The van der Waals surface area contributed by atoms with Crippen molar-refractivity contribution in [2.45, 2.75) is 19.0 Å². The standard InChI is InChI=1S/C20H21BrFN5/c1-24-20(25-12-15-3-2-14(11-23)10-19(15)22)26-17-8-9-27(13-17)18-6-4-16(21)5-7-18/h2-7,10,17H,8-9,12-13H2,1H3,(H2,24,25,26). The van der Waals surface area contributed by atoms with Crippen LogP contribution in [0.15, 0.2) is 51.9 Å². The molecule has 2 N–H and O–H groups in total. The molecule has 0 aromatic heterocycles. The number of halogens is 2. The highest BCUT2D eigenvalue weighted by atomic mass is 79.9. The van der Waals surface area contributed by atoms with Crippen LogP contribution >= 0.6 is 15.9 Å². The Morgan fingerprint density at radius 2 is 2.11 bits per heavy atom. The zero-order chi connectivity index (χ0) is 19.2. The molecule has 1 unspecified atom stereocenters. The normalized spacial score (nSPS) is 16.9. The van der Waals surface area contributed by atoms with Crippen LogP contribution in [-0.2, 0) is 6.54 Å². The van der Waals surface area contributed by atoms with Crippen molar-refractivity contribution in [1.82, 2.24) is 10.6 Å². The minimum absolute atomic E-state index is 0.269. The summed E-state index contributed by atoms with van der Waals surface area (Å²) >= 11 is 3.46. The maximum Gasteiger partial charge on any atom is 0.191 e. The molecule has 0 amide bonds. The van der Waals surface area contributed by atoms with Crippen LogP contribution in [-0.4, -0.2) is 32.1 Å². The zero-order valence-electron chi connectivity index (χ0n) is 15.0. The molecule has 1 aliphatic heterocycles. The van der Waals surface area contributed by atoms with Crippen LogP contribution in [0.2, 0.25) is 0 Å². The maximum atomic E-state index is 14.0. The molecule has 5 nitrogen and oxygen atoms in total. The number of nitrogens with zero attached hydrogens (tertiary/aromatic N) is 3. The topological polar surface area (TPSA) is 63.5 Å². The molecule has 1 aliphatic rings. The molecule has 1 heterocycles. The van der Waals surface area contributed by atoms with Crippen molar-refractivity contribution in [2.75, 3.05) is 25.0 Å². The van der Waals surface area contributed by atoms with Crippen molar-refractivity contribution in [1.29, 1.82) is 5.26 Å². The third-order valence-electron chi connectivity index (χ3n) is 4.57. The Hall–Kier alpha value is -2.59. The summed E-state index contributed by atoms with van der Waals surface area (Å²) in [5.41, 5.74) is 2.02. The van der Waals surface area contributed by atoms with Crippen LogP contribution < -0.4 is 15.5 Å². The Kier molecular flexibility index (Phi) is 6.30. The third-order valence-corrected chi connectivity index (χ3v) is 5.10. The van der Waals surface area contributed by atoms with Crippen LogP contribution in [0.4, 0.5) is 10.1 Å². The highest BCUT2D eigenvalue weighted by Gasteiger charge is 2.23. The monoisotopic (exact) mass is 429 g/mol. The summed E-state index contributed by atoms with van der Waals surface area (Å²) in [6.45, 7) is 2.16. The number of anilines is 1. The summed E-state index contributed by atoms with van der Waals surface area (Å²) in [4.78, 5) is 6.57. The molecule has 1 saturated heterocycles. The van der Waals surface area contributed by atoms with Gasteiger partial charge in [-0.15, -0.1) is 0 Å². The molecule has 0 radical (unpaired) electrons. The highest BCUT2D eigenvalue weighted by molar-refractivity contribution is 9.10. The van der Waals surface area contributed by atoms with Crippen LogP contribution in [0.3, 0.4) is 0 Å². The lowest BCUT2D eigenvalue weighted by Crippen LogP contribution is -2.44. The van der Waals surface area contributed by atoms with Crippen LogP contribution in [0.5, 0.6) is 0 Å². The summed E-state index contributed by atoms with van der Waals surface area (Å²) < 4.78 is 15.1. The fraction of sp³-hybridized carbons (Fsp3) is 0.300.